The molecule has 7 nitrogen and oxygen atoms in total. The van der Waals surface area contributed by atoms with Gasteiger partial charge in [-0.25, -0.2) is 19.2 Å². The lowest BCUT2D eigenvalue weighted by molar-refractivity contribution is -0.130. The summed E-state index contributed by atoms with van der Waals surface area (Å²) >= 11 is 6.19. The number of allylic oxidation sites excluding steroid dienone is 1. The summed E-state index contributed by atoms with van der Waals surface area (Å²) in [5.41, 5.74) is 3.01. The van der Waals surface area contributed by atoms with E-state index in [1.54, 1.807) is 6.92 Å². The van der Waals surface area contributed by atoms with Crippen molar-refractivity contribution in [2.45, 2.75) is 13.0 Å². The molecule has 10 heteroatoms. The van der Waals surface area contributed by atoms with Crippen LogP contribution < -0.4 is 10.8 Å². The van der Waals surface area contributed by atoms with Gasteiger partial charge < -0.3 is 10.4 Å². The minimum Gasteiger partial charge on any atom is -0.394 e. The first-order chi connectivity index (χ1) is 13.9. The standard InChI is InChI=1S/C19H17ClF2N4O3/c1-10-15(19(28)26-29-8-7-27)16(12-5-4-11(21)9-13(12)20)25-18(24-10)17-14(22)3-2-6-23-17/h2-6,9,16,27H,7-8H2,1H3,(H,24,25)(H,26,28). The molecule has 152 valence electrons. The van der Waals surface area contributed by atoms with E-state index in [0.29, 0.717) is 11.3 Å². The van der Waals surface area contributed by atoms with E-state index in [0.717, 1.165) is 6.07 Å². The average molecular weight is 423 g/mol. The number of hydrogen-bond acceptors (Lipinski definition) is 6. The Bertz CT molecular complexity index is 997. The number of aliphatic hydroxyl groups is 1. The van der Waals surface area contributed by atoms with Crippen LogP contribution in [0.5, 0.6) is 0 Å². The van der Waals surface area contributed by atoms with Crippen molar-refractivity contribution in [1.82, 2.24) is 15.8 Å². The summed E-state index contributed by atoms with van der Waals surface area (Å²) in [5, 5.41) is 11.7. The molecule has 3 rings (SSSR count). The van der Waals surface area contributed by atoms with Crippen LogP contribution in [0.1, 0.15) is 24.2 Å². The fourth-order valence-electron chi connectivity index (χ4n) is 2.82. The molecule has 1 aliphatic rings. The van der Waals surface area contributed by atoms with Crippen LogP contribution in [0, 0.1) is 11.6 Å². The zero-order valence-corrected chi connectivity index (χ0v) is 16.0. The summed E-state index contributed by atoms with van der Waals surface area (Å²) in [6.45, 7) is 1.20. The van der Waals surface area contributed by atoms with Gasteiger partial charge in [0.25, 0.3) is 5.91 Å². The van der Waals surface area contributed by atoms with Crippen molar-refractivity contribution in [1.29, 1.82) is 0 Å². The van der Waals surface area contributed by atoms with Gasteiger partial charge in [0.2, 0.25) is 0 Å². The van der Waals surface area contributed by atoms with Crippen molar-refractivity contribution in [3.05, 3.63) is 75.7 Å². The molecule has 0 saturated heterocycles. The molecule has 1 aromatic heterocycles. The highest BCUT2D eigenvalue weighted by atomic mass is 35.5. The number of pyridine rings is 1. The third kappa shape index (κ3) is 4.58. The van der Waals surface area contributed by atoms with Crippen LogP contribution in [-0.4, -0.2) is 35.0 Å². The van der Waals surface area contributed by atoms with E-state index in [-0.39, 0.29) is 35.3 Å². The van der Waals surface area contributed by atoms with Crippen LogP contribution in [0.2, 0.25) is 5.02 Å². The number of hydrogen-bond donors (Lipinski definition) is 3. The van der Waals surface area contributed by atoms with E-state index >= 15 is 0 Å². The quantitative estimate of drug-likeness (QED) is 0.491. The number of aliphatic imine (C=N–C) groups is 1. The molecule has 2 aromatic rings. The lowest BCUT2D eigenvalue weighted by Gasteiger charge is -2.27. The molecule has 0 spiro atoms. The Morgan fingerprint density at radius 3 is 2.86 bits per heavy atom. The predicted molar refractivity (Wildman–Crippen MR) is 102 cm³/mol. The van der Waals surface area contributed by atoms with Crippen LogP contribution in [0.15, 0.2) is 52.8 Å². The molecular formula is C19H17ClF2N4O3. The summed E-state index contributed by atoms with van der Waals surface area (Å²) in [4.78, 5) is 26.0. The average Bonchev–Trinajstić information content (AvgIpc) is 2.68. The van der Waals surface area contributed by atoms with Gasteiger partial charge in [-0.15, -0.1) is 0 Å². The fourth-order valence-corrected chi connectivity index (χ4v) is 3.09. The summed E-state index contributed by atoms with van der Waals surface area (Å²) in [6, 6.07) is 5.39. The van der Waals surface area contributed by atoms with Gasteiger partial charge in [-0.1, -0.05) is 17.7 Å². The third-order valence-corrected chi connectivity index (χ3v) is 4.41. The number of carbonyl (C=O) groups excluding carboxylic acids is 1. The number of aliphatic hydroxyl groups excluding tert-OH is 1. The van der Waals surface area contributed by atoms with Crippen LogP contribution in [-0.2, 0) is 9.63 Å². The van der Waals surface area contributed by atoms with Gasteiger partial charge in [-0.05, 0) is 31.2 Å². The zero-order valence-electron chi connectivity index (χ0n) is 15.2. The Morgan fingerprint density at radius 1 is 1.38 bits per heavy atom. The molecule has 0 saturated carbocycles. The van der Waals surface area contributed by atoms with Gasteiger partial charge in [0.05, 0.1) is 18.8 Å². The Balaban J connectivity index is 2.07. The first kappa shape index (κ1) is 20.8. The van der Waals surface area contributed by atoms with Crippen molar-refractivity contribution < 1.29 is 23.5 Å². The minimum absolute atomic E-state index is 0.0360. The Morgan fingerprint density at radius 2 is 2.17 bits per heavy atom. The van der Waals surface area contributed by atoms with Crippen LogP contribution in [0.4, 0.5) is 8.78 Å². The molecular weight excluding hydrogens is 406 g/mol. The largest absolute Gasteiger partial charge is 0.394 e. The molecule has 1 unspecified atom stereocenters. The molecule has 3 N–H and O–H groups in total. The Kier molecular flexibility index (Phi) is 6.53. The molecule has 1 aromatic carbocycles. The fraction of sp³-hybridized carbons (Fsp3) is 0.211. The second kappa shape index (κ2) is 9.08. The van der Waals surface area contributed by atoms with E-state index in [4.69, 9.17) is 21.5 Å². The number of aromatic nitrogens is 1. The van der Waals surface area contributed by atoms with Gasteiger partial charge in [0.1, 0.15) is 17.6 Å². The lowest BCUT2D eigenvalue weighted by atomic mass is 9.95. The Hall–Kier alpha value is -2.88. The zero-order chi connectivity index (χ0) is 21.0. The maximum absolute atomic E-state index is 14.2. The minimum atomic E-state index is -0.974. The highest BCUT2D eigenvalue weighted by molar-refractivity contribution is 6.31. The van der Waals surface area contributed by atoms with Gasteiger partial charge in [-0.3, -0.25) is 14.6 Å². The maximum Gasteiger partial charge on any atom is 0.275 e. The molecule has 0 radical (unpaired) electrons. The number of hydroxylamine groups is 1. The number of halogens is 3. The van der Waals surface area contributed by atoms with Crippen molar-refractivity contribution in [3.63, 3.8) is 0 Å². The van der Waals surface area contributed by atoms with Gasteiger partial charge in [0.15, 0.2) is 11.7 Å². The molecule has 1 amide bonds. The van der Waals surface area contributed by atoms with Gasteiger partial charge in [0, 0.05) is 22.5 Å². The van der Waals surface area contributed by atoms with Crippen molar-refractivity contribution in [2.75, 3.05) is 13.2 Å². The second-order valence-electron chi connectivity index (χ2n) is 6.05. The summed E-state index contributed by atoms with van der Waals surface area (Å²) < 4.78 is 27.7. The molecule has 29 heavy (non-hydrogen) atoms. The van der Waals surface area contributed by atoms with E-state index in [2.05, 4.69) is 20.8 Å². The number of carbonyl (C=O) groups is 1. The van der Waals surface area contributed by atoms with E-state index < -0.39 is 23.6 Å². The molecule has 0 fully saturated rings. The highest BCUT2D eigenvalue weighted by Gasteiger charge is 2.32. The number of benzene rings is 1. The summed E-state index contributed by atoms with van der Waals surface area (Å²) in [5.74, 6) is -1.70. The number of amidine groups is 1. The first-order valence-electron chi connectivity index (χ1n) is 8.56. The summed E-state index contributed by atoms with van der Waals surface area (Å²) in [7, 11) is 0. The van der Waals surface area contributed by atoms with E-state index in [1.807, 2.05) is 0 Å². The predicted octanol–water partition coefficient (Wildman–Crippen LogP) is 2.42. The highest BCUT2D eigenvalue weighted by Crippen LogP contribution is 2.35. The SMILES string of the molecule is CC1=C(C(=O)NOCCO)C(c2ccc(F)cc2Cl)N=C(c2ncccc2F)N1. The number of nitrogens with one attached hydrogen (secondary N) is 2. The monoisotopic (exact) mass is 422 g/mol. The van der Waals surface area contributed by atoms with E-state index in [1.165, 1.54) is 30.5 Å². The van der Waals surface area contributed by atoms with Crippen molar-refractivity contribution in [3.8, 4) is 0 Å². The van der Waals surface area contributed by atoms with Crippen molar-refractivity contribution >= 4 is 23.3 Å². The topological polar surface area (TPSA) is 95.8 Å². The van der Waals surface area contributed by atoms with E-state index in [9.17, 15) is 13.6 Å². The maximum atomic E-state index is 14.2. The first-order valence-corrected chi connectivity index (χ1v) is 8.94. The lowest BCUT2D eigenvalue weighted by Crippen LogP contribution is -2.37. The molecule has 1 atom stereocenters. The molecule has 1 aliphatic heterocycles. The Labute approximate surface area is 170 Å². The van der Waals surface area contributed by atoms with Crippen LogP contribution in [0.25, 0.3) is 0 Å². The summed E-state index contributed by atoms with van der Waals surface area (Å²) in [6.07, 6.45) is 1.41. The molecule has 0 bridgehead atoms. The number of amides is 1. The normalized spacial score (nSPS) is 16.3. The smallest absolute Gasteiger partial charge is 0.275 e. The molecule has 2 heterocycles. The number of rotatable bonds is 6. The van der Waals surface area contributed by atoms with Gasteiger partial charge in [-0.2, -0.15) is 0 Å². The number of nitrogens with zero attached hydrogens (tertiary/aromatic N) is 2. The van der Waals surface area contributed by atoms with Crippen LogP contribution >= 0.6 is 11.6 Å². The van der Waals surface area contributed by atoms with Crippen molar-refractivity contribution in [2.24, 2.45) is 4.99 Å². The third-order valence-electron chi connectivity index (χ3n) is 4.08. The molecule has 0 aliphatic carbocycles. The van der Waals surface area contributed by atoms with Crippen LogP contribution in [0.3, 0.4) is 0 Å². The van der Waals surface area contributed by atoms with Gasteiger partial charge >= 0.3 is 0 Å². The second-order valence-corrected chi connectivity index (χ2v) is 6.45.